The largest absolute Gasteiger partial charge is 0.508 e. The summed E-state index contributed by atoms with van der Waals surface area (Å²) in [6.45, 7) is 1.36. The lowest BCUT2D eigenvalue weighted by Crippen LogP contribution is -2.79. The lowest BCUT2D eigenvalue weighted by Gasteiger charge is -2.57. The smallest absolute Gasteiger partial charge is 0.336 e. The van der Waals surface area contributed by atoms with Crippen molar-refractivity contribution in [3.63, 3.8) is 0 Å². The monoisotopic (exact) mass is 999 g/mol. The minimum absolute atomic E-state index is 0.00976. The third kappa shape index (κ3) is 8.80. The number of aromatic hydroxyl groups is 2. The van der Waals surface area contributed by atoms with Crippen molar-refractivity contribution >= 4 is 35.3 Å². The van der Waals surface area contributed by atoms with Gasteiger partial charge in [0.2, 0.25) is 12.0 Å². The maximum atomic E-state index is 13.3. The molecule has 2 aliphatic carbocycles. The van der Waals surface area contributed by atoms with Crippen LogP contribution in [0.4, 0.5) is 0 Å². The molecular weight excluding hydrogens is 945 g/mol. The van der Waals surface area contributed by atoms with Crippen LogP contribution < -0.4 is 24.4 Å². The number of aliphatic hydroxyl groups excluding tert-OH is 4. The van der Waals surface area contributed by atoms with E-state index in [1.54, 1.807) is 48.5 Å². The first-order valence-electron chi connectivity index (χ1n) is 24.0. The lowest BCUT2D eigenvalue weighted by atomic mass is 9.60. The fraction of sp³-hybridized carbons (Fsp3) is 0.352. The zero-order valence-corrected chi connectivity index (χ0v) is 39.5. The van der Waals surface area contributed by atoms with Crippen molar-refractivity contribution in [3.8, 4) is 34.5 Å². The Bertz CT molecular complexity index is 3020. The average Bonchev–Trinajstić information content (AvgIpc) is 4.19. The fourth-order valence-corrected chi connectivity index (χ4v) is 10.8. The summed E-state index contributed by atoms with van der Waals surface area (Å²) in [5.74, 6) is -4.54. The number of hydrogen-bond donors (Lipinski definition) is 10. The van der Waals surface area contributed by atoms with Crippen molar-refractivity contribution in [1.29, 1.82) is 0 Å². The summed E-state index contributed by atoms with van der Waals surface area (Å²) in [7, 11) is 0. The molecule has 380 valence electrons. The van der Waals surface area contributed by atoms with E-state index < -0.39 is 83.6 Å². The minimum Gasteiger partial charge on any atom is -0.508 e. The van der Waals surface area contributed by atoms with Gasteiger partial charge in [0.1, 0.15) is 58.3 Å². The molecule has 10 rings (SSSR count). The number of aliphatic imine (C=N–C) groups is 3. The molecule has 19 heteroatoms. The van der Waals surface area contributed by atoms with Gasteiger partial charge in [-0.15, -0.1) is 0 Å². The molecule has 2 bridgehead atoms. The van der Waals surface area contributed by atoms with Gasteiger partial charge in [-0.3, -0.25) is 10.4 Å². The number of amidine groups is 1. The molecule has 4 aliphatic heterocycles. The van der Waals surface area contributed by atoms with E-state index in [1.807, 2.05) is 31.2 Å². The van der Waals surface area contributed by atoms with Gasteiger partial charge in [0.05, 0.1) is 24.8 Å². The van der Waals surface area contributed by atoms with E-state index >= 15 is 0 Å². The molecule has 4 heterocycles. The standard InChI is InChI=1S/C54H54N4O15/c1-2-28-19-32(21-33(60)20-28)52(16-6-7-17-52)73-47-40(23-39-43(46(47)63)37(61)22-38(70-39)30-10-12-34(13-11-30)69-41(26-59)45(62)35-14-15-42(55)58-35)71-51-53(67)24-31(18-29-8-4-3-5-9-29)44(36-25-56-27-57-36)54(68,50(53)66)48(72-51)49(64)65/h3-5,8-15,19-24,27,38,41,44-45,48,50-51,55,59-63,66-68H,2,6-7,16-18,25-26H2,1H3,(H,64,65)/p+1/t38?,41-,44-,45-,48-,50+,51-,53-,54-/m1/s1. The number of benzene rings is 4. The summed E-state index contributed by atoms with van der Waals surface area (Å²) in [6, 6.07) is 21.8. The van der Waals surface area contributed by atoms with Crippen LogP contribution in [-0.4, -0.2) is 131 Å². The molecular formula is C54H55N4O15+. The Kier molecular flexibility index (Phi) is 13.0. The first kappa shape index (κ1) is 49.2. The molecule has 0 spiro atoms. The molecule has 4 aromatic rings. The Morgan fingerprint density at radius 3 is 2.38 bits per heavy atom. The number of nitrogens with zero attached hydrogens (tertiary/aromatic N) is 3. The molecule has 0 radical (unpaired) electrons. The number of phenolic OH excluding ortho intramolecular Hbond substituents is 2. The highest BCUT2D eigenvalue weighted by molar-refractivity contribution is 6.15. The van der Waals surface area contributed by atoms with E-state index in [4.69, 9.17) is 29.1 Å². The zero-order chi connectivity index (χ0) is 51.4. The van der Waals surface area contributed by atoms with Crippen LogP contribution >= 0.6 is 0 Å². The number of phenols is 2. The molecule has 2 fully saturated rings. The minimum atomic E-state index is -2.73. The second kappa shape index (κ2) is 19.2. The van der Waals surface area contributed by atoms with E-state index in [0.29, 0.717) is 48.8 Å². The van der Waals surface area contributed by atoms with Crippen LogP contribution in [0.5, 0.6) is 34.5 Å². The van der Waals surface area contributed by atoms with Gasteiger partial charge in [-0.25, -0.2) is 9.79 Å². The maximum absolute atomic E-state index is 13.3. The van der Waals surface area contributed by atoms with Gasteiger partial charge in [-0.05, 0) is 102 Å². The van der Waals surface area contributed by atoms with E-state index in [1.165, 1.54) is 36.7 Å². The number of carboxylic acids is 1. The van der Waals surface area contributed by atoms with Gasteiger partial charge in [-0.1, -0.05) is 61.0 Å². The van der Waals surface area contributed by atoms with Crippen LogP contribution in [-0.2, 0) is 28.0 Å². The quantitative estimate of drug-likeness (QED) is 0.0722. The SMILES string of the molecule is CCc1cc(O)cc(C2(Oc3c(O[C@@H]4O[C@H](C(=O)O)[C@]5(O)[C@@H](C6=NC=NC6)C(Cc6ccccc6)=C[C@@]4(O)[C@@H]5O)cc4c(c3O)C(O)=CC(c3ccc(O[C@H](CO)[C@H](O)C5=NC(=[NH2+])C=C5)cc3)O4)CCCC2)c1. The Labute approximate surface area is 418 Å². The van der Waals surface area contributed by atoms with Gasteiger partial charge in [-0.2, -0.15) is 0 Å². The summed E-state index contributed by atoms with van der Waals surface area (Å²) in [5.41, 5.74) is -3.48. The molecule has 1 saturated heterocycles. The Balaban J connectivity index is 1.06. The van der Waals surface area contributed by atoms with Crippen LogP contribution in [0.25, 0.3) is 5.76 Å². The van der Waals surface area contributed by atoms with Crippen molar-refractivity contribution < 1.29 is 79.8 Å². The molecule has 9 atom stereocenters. The maximum Gasteiger partial charge on any atom is 0.336 e. The second-order valence-electron chi connectivity index (χ2n) is 19.1. The summed E-state index contributed by atoms with van der Waals surface area (Å²) in [4.78, 5) is 25.9. The van der Waals surface area contributed by atoms with E-state index in [0.717, 1.165) is 11.1 Å². The van der Waals surface area contributed by atoms with Gasteiger partial charge in [0, 0.05) is 18.2 Å². The van der Waals surface area contributed by atoms with E-state index in [-0.39, 0.29) is 64.5 Å². The van der Waals surface area contributed by atoms with Gasteiger partial charge >= 0.3 is 11.8 Å². The lowest BCUT2D eigenvalue weighted by molar-refractivity contribution is -0.338. The first-order chi connectivity index (χ1) is 35.0. The number of nitrogens with two attached hydrogens (primary N) is 1. The number of aliphatic hydroxyl groups is 6. The number of ether oxygens (including phenoxy) is 5. The van der Waals surface area contributed by atoms with Gasteiger partial charge < -0.3 is 69.6 Å². The Hall–Kier alpha value is -7.39. The van der Waals surface area contributed by atoms with Crippen LogP contribution in [0.3, 0.4) is 0 Å². The van der Waals surface area contributed by atoms with Crippen molar-refractivity contribution in [2.75, 3.05) is 13.2 Å². The Morgan fingerprint density at radius 1 is 0.973 bits per heavy atom. The van der Waals surface area contributed by atoms with Crippen molar-refractivity contribution in [2.45, 2.75) is 99.1 Å². The van der Waals surface area contributed by atoms with E-state index in [2.05, 4.69) is 15.0 Å². The number of aryl methyl sites for hydroxylation is 1. The highest BCUT2D eigenvalue weighted by atomic mass is 16.7. The Morgan fingerprint density at radius 2 is 1.73 bits per heavy atom. The molecule has 4 aromatic carbocycles. The highest BCUT2D eigenvalue weighted by Crippen LogP contribution is 2.57. The summed E-state index contributed by atoms with van der Waals surface area (Å²) in [6.07, 6.45) is -0.329. The molecule has 73 heavy (non-hydrogen) atoms. The molecule has 1 unspecified atom stereocenters. The predicted octanol–water partition coefficient (Wildman–Crippen LogP) is 3.10. The van der Waals surface area contributed by atoms with Crippen LogP contribution in [0.1, 0.15) is 66.5 Å². The number of rotatable bonds is 16. The number of carbonyl (C=O) groups is 1. The fourth-order valence-electron chi connectivity index (χ4n) is 10.8. The number of aliphatic carboxylic acids is 1. The summed E-state index contributed by atoms with van der Waals surface area (Å²) in [5, 5.41) is 110. The van der Waals surface area contributed by atoms with Gasteiger partial charge in [0.15, 0.2) is 41.1 Å². The molecule has 0 amide bonds. The van der Waals surface area contributed by atoms with Crippen molar-refractivity contribution in [2.24, 2.45) is 20.9 Å². The average molecular weight is 1000 g/mol. The summed E-state index contributed by atoms with van der Waals surface area (Å²) < 4.78 is 31.9. The normalized spacial score (nSPS) is 27.5. The highest BCUT2D eigenvalue weighted by Gasteiger charge is 2.71. The number of carboxylic acid groups (broad SMARTS) is 1. The third-order valence-electron chi connectivity index (χ3n) is 14.4. The first-order valence-corrected chi connectivity index (χ1v) is 24.0. The second-order valence-corrected chi connectivity index (χ2v) is 19.1. The van der Waals surface area contributed by atoms with Gasteiger partial charge in [0.25, 0.3) is 0 Å². The molecule has 0 aromatic heterocycles. The van der Waals surface area contributed by atoms with Crippen LogP contribution in [0.2, 0.25) is 0 Å². The molecule has 1 saturated carbocycles. The topological polar surface area (TPSA) is 308 Å². The predicted molar refractivity (Wildman–Crippen MR) is 263 cm³/mol. The number of hydrogen-bond acceptors (Lipinski definition) is 16. The molecule has 19 nitrogen and oxygen atoms in total. The summed E-state index contributed by atoms with van der Waals surface area (Å²) >= 11 is 0. The molecule has 6 aliphatic rings. The van der Waals surface area contributed by atoms with Crippen molar-refractivity contribution in [3.05, 3.63) is 137 Å². The molecule has 11 N–H and O–H groups in total. The van der Waals surface area contributed by atoms with Crippen molar-refractivity contribution in [1.82, 2.24) is 0 Å². The van der Waals surface area contributed by atoms with Crippen LogP contribution in [0.15, 0.2) is 124 Å². The third-order valence-corrected chi connectivity index (χ3v) is 14.4. The number of fused-ring (bicyclic) bond motifs is 3. The van der Waals surface area contributed by atoms with Crippen LogP contribution in [0, 0.1) is 5.92 Å². The van der Waals surface area contributed by atoms with E-state index in [9.17, 15) is 50.8 Å². The zero-order valence-electron chi connectivity index (χ0n) is 39.5.